The Labute approximate surface area is 84.6 Å². The molecule has 2 heterocycles. The van der Waals surface area contributed by atoms with Crippen LogP contribution in [0.1, 0.15) is 27.2 Å². The Morgan fingerprint density at radius 1 is 1.43 bits per heavy atom. The monoisotopic (exact) mass is 198 g/mol. The summed E-state index contributed by atoms with van der Waals surface area (Å²) in [5.41, 5.74) is -0.384. The molecule has 0 aromatic heterocycles. The van der Waals surface area contributed by atoms with Crippen molar-refractivity contribution in [3.05, 3.63) is 0 Å². The van der Waals surface area contributed by atoms with Crippen LogP contribution in [0.5, 0.6) is 0 Å². The first-order chi connectivity index (χ1) is 6.46. The molecule has 0 unspecified atom stereocenters. The molecule has 0 spiro atoms. The van der Waals surface area contributed by atoms with Crippen molar-refractivity contribution in [1.82, 2.24) is 10.2 Å². The number of likely N-dealkylation sites (tertiary alicyclic amines) is 1. The van der Waals surface area contributed by atoms with E-state index in [1.54, 1.807) is 4.90 Å². The van der Waals surface area contributed by atoms with E-state index < -0.39 is 0 Å². The maximum atomic E-state index is 11.7. The van der Waals surface area contributed by atoms with Gasteiger partial charge < -0.3 is 15.0 Å². The largest absolute Gasteiger partial charge is 0.444 e. The van der Waals surface area contributed by atoms with E-state index in [2.05, 4.69) is 5.32 Å². The van der Waals surface area contributed by atoms with Crippen LogP contribution in [-0.4, -0.2) is 41.8 Å². The van der Waals surface area contributed by atoms with Crippen molar-refractivity contribution in [1.29, 1.82) is 0 Å². The second-order valence-corrected chi connectivity index (χ2v) is 5.09. The maximum absolute atomic E-state index is 11.7. The molecule has 2 fully saturated rings. The standard InChI is InChI=1S/C10H18N2O2/c1-10(2,3)14-9(13)12-5-4-7-8(6-12)11-7/h7-8,11H,4-6H2,1-3H3/t7-,8-/m0/s1. The number of hydrogen-bond donors (Lipinski definition) is 1. The zero-order valence-electron chi connectivity index (χ0n) is 9.04. The van der Waals surface area contributed by atoms with Gasteiger partial charge in [-0.3, -0.25) is 0 Å². The molecular weight excluding hydrogens is 180 g/mol. The smallest absolute Gasteiger partial charge is 0.410 e. The third-order valence-corrected chi connectivity index (χ3v) is 2.58. The zero-order chi connectivity index (χ0) is 10.3. The summed E-state index contributed by atoms with van der Waals surface area (Å²) in [5, 5.41) is 3.33. The third kappa shape index (κ3) is 2.18. The number of nitrogens with one attached hydrogen (secondary N) is 1. The number of nitrogens with zero attached hydrogens (tertiary/aromatic N) is 1. The molecule has 2 rings (SSSR count). The molecule has 4 heteroatoms. The molecule has 0 radical (unpaired) electrons. The van der Waals surface area contributed by atoms with E-state index in [1.807, 2.05) is 20.8 Å². The highest BCUT2D eigenvalue weighted by molar-refractivity contribution is 5.68. The van der Waals surface area contributed by atoms with Gasteiger partial charge in [0.2, 0.25) is 0 Å². The molecule has 0 saturated carbocycles. The van der Waals surface area contributed by atoms with Crippen molar-refractivity contribution in [3.8, 4) is 0 Å². The van der Waals surface area contributed by atoms with Crippen LogP contribution < -0.4 is 5.32 Å². The number of ether oxygens (including phenoxy) is 1. The summed E-state index contributed by atoms with van der Waals surface area (Å²) >= 11 is 0. The van der Waals surface area contributed by atoms with Crippen LogP contribution in [0.25, 0.3) is 0 Å². The molecule has 4 nitrogen and oxygen atoms in total. The first kappa shape index (κ1) is 9.77. The first-order valence-corrected chi connectivity index (χ1v) is 5.20. The number of fused-ring (bicyclic) bond motifs is 1. The van der Waals surface area contributed by atoms with Crippen LogP contribution in [-0.2, 0) is 4.74 Å². The van der Waals surface area contributed by atoms with E-state index in [4.69, 9.17) is 4.74 Å². The molecule has 2 aliphatic heterocycles. The van der Waals surface area contributed by atoms with Crippen LogP contribution in [0.3, 0.4) is 0 Å². The Balaban J connectivity index is 1.85. The van der Waals surface area contributed by atoms with Gasteiger partial charge in [-0.2, -0.15) is 0 Å². The van der Waals surface area contributed by atoms with E-state index in [0.717, 1.165) is 19.5 Å². The van der Waals surface area contributed by atoms with Gasteiger partial charge in [0.05, 0.1) is 0 Å². The average Bonchev–Trinajstić information content (AvgIpc) is 2.77. The minimum absolute atomic E-state index is 0.176. The molecule has 0 aromatic rings. The second-order valence-electron chi connectivity index (χ2n) is 5.09. The van der Waals surface area contributed by atoms with Crippen molar-refractivity contribution in [3.63, 3.8) is 0 Å². The summed E-state index contributed by atoms with van der Waals surface area (Å²) in [6, 6.07) is 1.19. The minimum Gasteiger partial charge on any atom is -0.444 e. The van der Waals surface area contributed by atoms with Gasteiger partial charge in [-0.15, -0.1) is 0 Å². The lowest BCUT2D eigenvalue weighted by Gasteiger charge is -2.28. The summed E-state index contributed by atoms with van der Waals surface area (Å²) in [7, 11) is 0. The molecule has 2 saturated heterocycles. The fourth-order valence-electron chi connectivity index (χ4n) is 1.80. The molecule has 80 valence electrons. The summed E-state index contributed by atoms with van der Waals surface area (Å²) in [6.45, 7) is 7.32. The molecule has 14 heavy (non-hydrogen) atoms. The van der Waals surface area contributed by atoms with Gasteiger partial charge in [0, 0.05) is 25.2 Å². The normalized spacial score (nSPS) is 30.9. The molecule has 0 bridgehead atoms. The van der Waals surface area contributed by atoms with Crippen molar-refractivity contribution < 1.29 is 9.53 Å². The van der Waals surface area contributed by atoms with E-state index in [-0.39, 0.29) is 11.7 Å². The Hall–Kier alpha value is -0.770. The molecular formula is C10H18N2O2. The Kier molecular flexibility index (Phi) is 2.18. The van der Waals surface area contributed by atoms with Gasteiger partial charge >= 0.3 is 6.09 Å². The summed E-state index contributed by atoms with van der Waals surface area (Å²) in [6.07, 6.45) is 0.883. The van der Waals surface area contributed by atoms with Crippen molar-refractivity contribution in [2.45, 2.75) is 44.9 Å². The van der Waals surface area contributed by atoms with Crippen LogP contribution in [0.4, 0.5) is 4.79 Å². The van der Waals surface area contributed by atoms with E-state index in [0.29, 0.717) is 12.1 Å². The van der Waals surface area contributed by atoms with Crippen LogP contribution in [0.15, 0.2) is 0 Å². The van der Waals surface area contributed by atoms with E-state index in [1.165, 1.54) is 0 Å². The Bertz CT molecular complexity index is 247. The van der Waals surface area contributed by atoms with Crippen molar-refractivity contribution >= 4 is 6.09 Å². The number of rotatable bonds is 0. The van der Waals surface area contributed by atoms with Crippen molar-refractivity contribution in [2.75, 3.05) is 13.1 Å². The Morgan fingerprint density at radius 3 is 2.71 bits per heavy atom. The summed E-state index contributed by atoms with van der Waals surface area (Å²) < 4.78 is 5.30. The number of carbonyl (C=O) groups is 1. The van der Waals surface area contributed by atoms with E-state index >= 15 is 0 Å². The fraction of sp³-hybridized carbons (Fsp3) is 0.900. The molecule has 1 amide bonds. The molecule has 0 aliphatic carbocycles. The highest BCUT2D eigenvalue weighted by Crippen LogP contribution is 2.23. The molecule has 1 N–H and O–H groups in total. The van der Waals surface area contributed by atoms with Gasteiger partial charge in [0.1, 0.15) is 5.60 Å². The van der Waals surface area contributed by atoms with Crippen LogP contribution in [0, 0.1) is 0 Å². The number of amides is 1. The van der Waals surface area contributed by atoms with Gasteiger partial charge in [0.25, 0.3) is 0 Å². The summed E-state index contributed by atoms with van der Waals surface area (Å²) in [4.78, 5) is 13.5. The fourth-order valence-corrected chi connectivity index (χ4v) is 1.80. The minimum atomic E-state index is -0.384. The number of carbonyl (C=O) groups excluding carboxylic acids is 1. The quantitative estimate of drug-likeness (QED) is 0.590. The topological polar surface area (TPSA) is 51.5 Å². The van der Waals surface area contributed by atoms with Gasteiger partial charge in [-0.05, 0) is 27.2 Å². The van der Waals surface area contributed by atoms with Crippen molar-refractivity contribution in [2.24, 2.45) is 0 Å². The Morgan fingerprint density at radius 2 is 2.14 bits per heavy atom. The van der Waals surface area contributed by atoms with Gasteiger partial charge in [0.15, 0.2) is 0 Å². The average molecular weight is 198 g/mol. The third-order valence-electron chi connectivity index (χ3n) is 2.58. The molecule has 2 atom stereocenters. The van der Waals surface area contributed by atoms with Crippen LogP contribution in [0.2, 0.25) is 0 Å². The molecule has 2 aliphatic rings. The van der Waals surface area contributed by atoms with Gasteiger partial charge in [-0.25, -0.2) is 4.79 Å². The second kappa shape index (κ2) is 3.12. The highest BCUT2D eigenvalue weighted by atomic mass is 16.6. The highest BCUT2D eigenvalue weighted by Gasteiger charge is 2.42. The lowest BCUT2D eigenvalue weighted by Crippen LogP contribution is -2.42. The lowest BCUT2D eigenvalue weighted by molar-refractivity contribution is 0.0232. The predicted octanol–water partition coefficient (Wildman–Crippen LogP) is 0.968. The molecule has 0 aromatic carbocycles. The van der Waals surface area contributed by atoms with E-state index in [9.17, 15) is 4.79 Å². The van der Waals surface area contributed by atoms with Gasteiger partial charge in [-0.1, -0.05) is 0 Å². The van der Waals surface area contributed by atoms with Crippen LogP contribution >= 0.6 is 0 Å². The lowest BCUT2D eigenvalue weighted by atomic mass is 10.1. The zero-order valence-corrected chi connectivity index (χ0v) is 9.04. The number of hydrogen-bond acceptors (Lipinski definition) is 3. The maximum Gasteiger partial charge on any atom is 0.410 e. The predicted molar refractivity (Wildman–Crippen MR) is 53.1 cm³/mol. The summed E-state index contributed by atoms with van der Waals surface area (Å²) in [5.74, 6) is 0. The number of piperidine rings is 1. The SMILES string of the molecule is CC(C)(C)OC(=O)N1CC[C@@H]2N[C@H]2C1. The first-order valence-electron chi connectivity index (χ1n) is 5.20.